The summed E-state index contributed by atoms with van der Waals surface area (Å²) in [4.78, 5) is 3.23. The second kappa shape index (κ2) is 5.50. The molecule has 0 spiro atoms. The van der Waals surface area contributed by atoms with Crippen LogP contribution in [0.2, 0.25) is 0 Å². The van der Waals surface area contributed by atoms with E-state index in [1.165, 1.54) is 6.20 Å². The Morgan fingerprint density at radius 2 is 1.95 bits per heavy atom. The van der Waals surface area contributed by atoms with Crippen LogP contribution in [-0.2, 0) is 16.6 Å². The highest BCUT2D eigenvalue weighted by Gasteiger charge is 2.34. The van der Waals surface area contributed by atoms with E-state index >= 15 is 0 Å². The first-order valence-corrected chi connectivity index (χ1v) is 8.56. The quantitative estimate of drug-likeness (QED) is 0.895. The van der Waals surface area contributed by atoms with Crippen LogP contribution in [0.1, 0.15) is 39.3 Å². The Hall–Kier alpha value is -0.850. The predicted molar refractivity (Wildman–Crippen MR) is 79.6 cm³/mol. The molecule has 0 amide bonds. The Balaban J connectivity index is 2.09. The molecule has 6 heteroatoms. The fourth-order valence-corrected chi connectivity index (χ4v) is 4.29. The Bertz CT molecular complexity index is 549. The maximum Gasteiger partial charge on any atom is 0.244 e. The SMILES string of the molecule is CC(C)(C)C1CCN(S(=O)(=O)c2c[nH]c(CN)c2)CC1. The summed E-state index contributed by atoms with van der Waals surface area (Å²) in [7, 11) is -3.37. The molecule has 0 aromatic carbocycles. The second-order valence-corrected chi connectivity index (χ2v) is 8.55. The van der Waals surface area contributed by atoms with Gasteiger partial charge in [0.2, 0.25) is 10.0 Å². The van der Waals surface area contributed by atoms with Crippen molar-refractivity contribution in [2.45, 2.75) is 45.1 Å². The summed E-state index contributed by atoms with van der Waals surface area (Å²) in [6.07, 6.45) is 3.39. The van der Waals surface area contributed by atoms with Crippen molar-refractivity contribution in [2.24, 2.45) is 17.1 Å². The molecule has 1 aliphatic heterocycles. The van der Waals surface area contributed by atoms with Gasteiger partial charge in [-0.15, -0.1) is 0 Å². The maximum atomic E-state index is 12.5. The first-order chi connectivity index (χ1) is 9.25. The number of sulfonamides is 1. The van der Waals surface area contributed by atoms with Crippen molar-refractivity contribution in [2.75, 3.05) is 13.1 Å². The molecule has 0 atom stereocenters. The summed E-state index contributed by atoms with van der Waals surface area (Å²) < 4.78 is 26.7. The molecule has 1 aromatic rings. The molecule has 1 aromatic heterocycles. The van der Waals surface area contributed by atoms with E-state index in [0.717, 1.165) is 18.5 Å². The van der Waals surface area contributed by atoms with Gasteiger partial charge in [-0.3, -0.25) is 0 Å². The minimum absolute atomic E-state index is 0.247. The van der Waals surface area contributed by atoms with Crippen LogP contribution in [0.5, 0.6) is 0 Å². The number of hydrogen-bond donors (Lipinski definition) is 2. The zero-order valence-electron chi connectivity index (χ0n) is 12.5. The molecule has 1 saturated heterocycles. The fourth-order valence-electron chi connectivity index (χ4n) is 2.80. The fraction of sp³-hybridized carbons (Fsp3) is 0.714. The van der Waals surface area contributed by atoms with Crippen molar-refractivity contribution in [1.82, 2.24) is 9.29 Å². The van der Waals surface area contributed by atoms with Gasteiger partial charge in [0.25, 0.3) is 0 Å². The number of hydrogen-bond acceptors (Lipinski definition) is 3. The van der Waals surface area contributed by atoms with Crippen molar-refractivity contribution >= 4 is 10.0 Å². The predicted octanol–water partition coefficient (Wildman–Crippen LogP) is 1.92. The number of rotatable bonds is 3. The van der Waals surface area contributed by atoms with Gasteiger partial charge in [0.05, 0.1) is 4.90 Å². The zero-order valence-corrected chi connectivity index (χ0v) is 13.3. The van der Waals surface area contributed by atoms with Crippen molar-refractivity contribution in [3.63, 3.8) is 0 Å². The topological polar surface area (TPSA) is 79.2 Å². The highest BCUT2D eigenvalue weighted by atomic mass is 32.2. The largest absolute Gasteiger partial charge is 0.363 e. The van der Waals surface area contributed by atoms with Crippen LogP contribution in [0.25, 0.3) is 0 Å². The number of piperidine rings is 1. The summed E-state index contributed by atoms with van der Waals surface area (Å²) in [6.45, 7) is 8.20. The summed E-state index contributed by atoms with van der Waals surface area (Å²) >= 11 is 0. The van der Waals surface area contributed by atoms with Gasteiger partial charge in [0.1, 0.15) is 0 Å². The number of H-pyrrole nitrogens is 1. The molecule has 2 heterocycles. The molecule has 0 bridgehead atoms. The van der Waals surface area contributed by atoms with E-state index in [1.807, 2.05) is 0 Å². The Morgan fingerprint density at radius 1 is 1.35 bits per heavy atom. The molecule has 5 nitrogen and oxygen atoms in total. The van der Waals surface area contributed by atoms with Crippen LogP contribution < -0.4 is 5.73 Å². The Kier molecular flexibility index (Phi) is 4.27. The number of aromatic amines is 1. The van der Waals surface area contributed by atoms with E-state index in [9.17, 15) is 8.42 Å². The Morgan fingerprint density at radius 3 is 2.40 bits per heavy atom. The standard InChI is InChI=1S/C14H25N3O2S/c1-14(2,3)11-4-6-17(7-5-11)20(18,19)13-8-12(9-15)16-10-13/h8,10-11,16H,4-7,9,15H2,1-3H3. The molecule has 0 saturated carbocycles. The third kappa shape index (κ3) is 3.07. The molecular weight excluding hydrogens is 274 g/mol. The van der Waals surface area contributed by atoms with E-state index in [-0.39, 0.29) is 5.41 Å². The zero-order chi connectivity index (χ0) is 15.0. The summed E-state index contributed by atoms with van der Waals surface area (Å²) in [5.41, 5.74) is 6.50. The van der Waals surface area contributed by atoms with Crippen molar-refractivity contribution < 1.29 is 8.42 Å². The van der Waals surface area contributed by atoms with Crippen LogP contribution in [0.3, 0.4) is 0 Å². The average Bonchev–Trinajstić information content (AvgIpc) is 2.87. The lowest BCUT2D eigenvalue weighted by atomic mass is 9.76. The van der Waals surface area contributed by atoms with Gasteiger partial charge < -0.3 is 10.7 Å². The highest BCUT2D eigenvalue weighted by molar-refractivity contribution is 7.89. The van der Waals surface area contributed by atoms with Gasteiger partial charge in [-0.2, -0.15) is 4.31 Å². The summed E-state index contributed by atoms with van der Waals surface area (Å²) in [5, 5.41) is 0. The molecule has 0 aliphatic carbocycles. The van der Waals surface area contributed by atoms with Crippen molar-refractivity contribution in [1.29, 1.82) is 0 Å². The van der Waals surface area contributed by atoms with Gasteiger partial charge >= 0.3 is 0 Å². The van der Waals surface area contributed by atoms with Gasteiger partial charge in [-0.1, -0.05) is 20.8 Å². The minimum atomic E-state index is -3.37. The summed E-state index contributed by atoms with van der Waals surface area (Å²) in [5.74, 6) is 0.583. The molecular formula is C14H25N3O2S. The lowest BCUT2D eigenvalue weighted by Gasteiger charge is -2.38. The van der Waals surface area contributed by atoms with E-state index in [4.69, 9.17) is 5.73 Å². The van der Waals surface area contributed by atoms with Gasteiger partial charge in [-0.25, -0.2) is 8.42 Å². The van der Waals surface area contributed by atoms with Crippen LogP contribution in [-0.4, -0.2) is 30.8 Å². The van der Waals surface area contributed by atoms with E-state index in [1.54, 1.807) is 10.4 Å². The van der Waals surface area contributed by atoms with Gasteiger partial charge in [0.15, 0.2) is 0 Å². The number of nitrogens with one attached hydrogen (secondary N) is 1. The second-order valence-electron chi connectivity index (χ2n) is 6.61. The highest BCUT2D eigenvalue weighted by Crippen LogP contribution is 2.35. The minimum Gasteiger partial charge on any atom is -0.363 e. The number of nitrogens with zero attached hydrogens (tertiary/aromatic N) is 1. The molecule has 1 fully saturated rings. The first-order valence-electron chi connectivity index (χ1n) is 7.12. The van der Waals surface area contributed by atoms with Crippen LogP contribution in [0.4, 0.5) is 0 Å². The van der Waals surface area contributed by atoms with Crippen molar-refractivity contribution in [3.05, 3.63) is 18.0 Å². The molecule has 2 rings (SSSR count). The number of aromatic nitrogens is 1. The molecule has 114 valence electrons. The molecule has 0 radical (unpaired) electrons. The van der Waals surface area contributed by atoms with Crippen LogP contribution >= 0.6 is 0 Å². The lowest BCUT2D eigenvalue weighted by molar-refractivity contribution is 0.154. The lowest BCUT2D eigenvalue weighted by Crippen LogP contribution is -2.41. The molecule has 0 unspecified atom stereocenters. The summed E-state index contributed by atoms with van der Waals surface area (Å²) in [6, 6.07) is 1.63. The molecule has 20 heavy (non-hydrogen) atoms. The van der Waals surface area contributed by atoms with Crippen LogP contribution in [0.15, 0.2) is 17.2 Å². The smallest absolute Gasteiger partial charge is 0.244 e. The van der Waals surface area contributed by atoms with E-state index in [2.05, 4.69) is 25.8 Å². The van der Waals surface area contributed by atoms with Crippen molar-refractivity contribution in [3.8, 4) is 0 Å². The first kappa shape index (κ1) is 15.5. The van der Waals surface area contributed by atoms with E-state index < -0.39 is 10.0 Å². The normalized spacial score (nSPS) is 19.4. The average molecular weight is 299 g/mol. The Labute approximate surface area is 121 Å². The van der Waals surface area contributed by atoms with Crippen LogP contribution in [0, 0.1) is 11.3 Å². The molecule has 3 N–H and O–H groups in total. The number of nitrogens with two attached hydrogens (primary N) is 1. The van der Waals surface area contributed by atoms with E-state index in [0.29, 0.717) is 30.4 Å². The van der Waals surface area contributed by atoms with Gasteiger partial charge in [0, 0.05) is 31.5 Å². The molecule has 1 aliphatic rings. The third-order valence-electron chi connectivity index (χ3n) is 4.25. The monoisotopic (exact) mass is 299 g/mol. The maximum absolute atomic E-state index is 12.5. The van der Waals surface area contributed by atoms with Gasteiger partial charge in [-0.05, 0) is 30.2 Å². The third-order valence-corrected chi connectivity index (χ3v) is 6.13.